The molecule has 0 bridgehead atoms. The van der Waals surface area contributed by atoms with E-state index in [2.05, 4.69) is 34.1 Å². The molecule has 1 aromatic heterocycles. The third kappa shape index (κ3) is 4.14. The summed E-state index contributed by atoms with van der Waals surface area (Å²) in [5, 5.41) is 11.7. The van der Waals surface area contributed by atoms with Crippen molar-refractivity contribution >= 4 is 28.9 Å². The number of hydrogen-bond donors (Lipinski definition) is 2. The van der Waals surface area contributed by atoms with Crippen molar-refractivity contribution in [3.05, 3.63) is 36.7 Å². The van der Waals surface area contributed by atoms with Crippen LogP contribution >= 0.6 is 12.4 Å². The highest BCUT2D eigenvalue weighted by molar-refractivity contribution is 5.93. The second-order valence-corrected chi connectivity index (χ2v) is 6.21. The van der Waals surface area contributed by atoms with Crippen LogP contribution < -0.4 is 10.6 Å². The molecule has 1 aliphatic carbocycles. The first-order valence-electron chi connectivity index (χ1n) is 8.25. The van der Waals surface area contributed by atoms with E-state index in [0.29, 0.717) is 12.1 Å². The first-order valence-corrected chi connectivity index (χ1v) is 8.25. The van der Waals surface area contributed by atoms with Crippen molar-refractivity contribution < 1.29 is 5.11 Å². The normalized spacial score (nSPS) is 21.0. The van der Waals surface area contributed by atoms with Crippen LogP contribution in [0.3, 0.4) is 0 Å². The number of pyridine rings is 1. The number of aliphatic hydroxyl groups excluding tert-OH is 1. The van der Waals surface area contributed by atoms with E-state index >= 15 is 0 Å². The molecular weight excluding hydrogens is 310 g/mol. The number of anilines is 1. The van der Waals surface area contributed by atoms with Crippen LogP contribution in [0.15, 0.2) is 36.7 Å². The second-order valence-electron chi connectivity index (χ2n) is 6.21. The van der Waals surface area contributed by atoms with E-state index < -0.39 is 0 Å². The van der Waals surface area contributed by atoms with Crippen molar-refractivity contribution in [2.24, 2.45) is 5.73 Å². The zero-order chi connectivity index (χ0) is 15.4. The molecule has 0 saturated heterocycles. The van der Waals surface area contributed by atoms with Crippen LogP contribution in [-0.4, -0.2) is 35.3 Å². The molecule has 0 amide bonds. The zero-order valence-corrected chi connectivity index (χ0v) is 14.2. The highest BCUT2D eigenvalue weighted by atomic mass is 35.5. The summed E-state index contributed by atoms with van der Waals surface area (Å²) in [6.07, 6.45) is 9.01. The van der Waals surface area contributed by atoms with Gasteiger partial charge in [-0.3, -0.25) is 4.98 Å². The van der Waals surface area contributed by atoms with Gasteiger partial charge in [0.2, 0.25) is 0 Å². The molecule has 0 atom stereocenters. The summed E-state index contributed by atoms with van der Waals surface area (Å²) < 4.78 is 0. The maximum absolute atomic E-state index is 9.26. The summed E-state index contributed by atoms with van der Waals surface area (Å²) >= 11 is 0. The highest BCUT2D eigenvalue weighted by Crippen LogP contribution is 2.32. The molecule has 0 aliphatic heterocycles. The van der Waals surface area contributed by atoms with Crippen LogP contribution in [0.4, 0.5) is 5.69 Å². The molecule has 1 saturated carbocycles. The van der Waals surface area contributed by atoms with Crippen molar-refractivity contribution in [2.45, 2.75) is 44.2 Å². The Balaban J connectivity index is 0.00000192. The lowest BCUT2D eigenvalue weighted by atomic mass is 9.90. The zero-order valence-electron chi connectivity index (χ0n) is 13.4. The van der Waals surface area contributed by atoms with E-state index in [1.54, 1.807) is 0 Å². The third-order valence-corrected chi connectivity index (χ3v) is 4.71. The fourth-order valence-electron chi connectivity index (χ4n) is 3.51. The monoisotopic (exact) mass is 335 g/mol. The number of rotatable bonds is 5. The summed E-state index contributed by atoms with van der Waals surface area (Å²) in [5.74, 6) is 0. The predicted molar refractivity (Wildman–Crippen MR) is 98.3 cm³/mol. The van der Waals surface area contributed by atoms with Crippen molar-refractivity contribution in [1.82, 2.24) is 4.98 Å². The number of hydrogen-bond acceptors (Lipinski definition) is 4. The number of aromatic nitrogens is 1. The number of fused-ring (bicyclic) bond motifs is 1. The van der Waals surface area contributed by atoms with Crippen LogP contribution in [0.25, 0.3) is 10.8 Å². The van der Waals surface area contributed by atoms with Crippen molar-refractivity contribution in [3.63, 3.8) is 0 Å². The molecule has 23 heavy (non-hydrogen) atoms. The van der Waals surface area contributed by atoms with Gasteiger partial charge in [-0.1, -0.05) is 12.1 Å². The van der Waals surface area contributed by atoms with Gasteiger partial charge < -0.3 is 15.7 Å². The summed E-state index contributed by atoms with van der Waals surface area (Å²) in [4.78, 5) is 6.70. The minimum absolute atomic E-state index is 0. The maximum Gasteiger partial charge on any atom is 0.0449 e. The Kier molecular flexibility index (Phi) is 6.63. The molecule has 3 N–H and O–H groups in total. The quantitative estimate of drug-likeness (QED) is 0.881. The van der Waals surface area contributed by atoms with Gasteiger partial charge in [0.1, 0.15) is 0 Å². The largest absolute Gasteiger partial charge is 0.396 e. The maximum atomic E-state index is 9.26. The lowest BCUT2D eigenvalue weighted by Crippen LogP contribution is -2.41. The van der Waals surface area contributed by atoms with Gasteiger partial charge in [0, 0.05) is 54.1 Å². The molecular formula is C18H26ClN3O. The molecule has 2 aromatic rings. The van der Waals surface area contributed by atoms with Gasteiger partial charge in [0.15, 0.2) is 0 Å². The van der Waals surface area contributed by atoms with Crippen LogP contribution in [0.2, 0.25) is 0 Å². The molecule has 126 valence electrons. The Morgan fingerprint density at radius 2 is 1.96 bits per heavy atom. The van der Waals surface area contributed by atoms with E-state index in [0.717, 1.165) is 38.6 Å². The summed E-state index contributed by atoms with van der Waals surface area (Å²) in [6, 6.07) is 9.35. The predicted octanol–water partition coefficient (Wildman–Crippen LogP) is 3.12. The van der Waals surface area contributed by atoms with Gasteiger partial charge in [-0.2, -0.15) is 0 Å². The fourth-order valence-corrected chi connectivity index (χ4v) is 3.51. The number of nitrogens with two attached hydrogens (primary N) is 1. The number of aliphatic hydroxyl groups is 1. The van der Waals surface area contributed by atoms with Gasteiger partial charge in [0.25, 0.3) is 0 Å². The summed E-state index contributed by atoms with van der Waals surface area (Å²) in [6.45, 7) is 1.12. The minimum Gasteiger partial charge on any atom is -0.396 e. The highest BCUT2D eigenvalue weighted by Gasteiger charge is 2.25. The average molecular weight is 336 g/mol. The number of benzene rings is 1. The molecule has 3 rings (SSSR count). The van der Waals surface area contributed by atoms with Gasteiger partial charge in [-0.05, 0) is 44.2 Å². The first kappa shape index (κ1) is 18.0. The molecule has 1 aliphatic rings. The molecule has 0 radical (unpaired) electrons. The molecule has 1 aromatic carbocycles. The lowest BCUT2D eigenvalue weighted by molar-refractivity contribution is 0.284. The van der Waals surface area contributed by atoms with Gasteiger partial charge in [-0.25, -0.2) is 0 Å². The van der Waals surface area contributed by atoms with E-state index in [4.69, 9.17) is 5.73 Å². The molecule has 0 unspecified atom stereocenters. The topological polar surface area (TPSA) is 62.4 Å². The fraction of sp³-hybridized carbons (Fsp3) is 0.500. The van der Waals surface area contributed by atoms with E-state index in [1.807, 2.05) is 12.4 Å². The van der Waals surface area contributed by atoms with Gasteiger partial charge in [0.05, 0.1) is 0 Å². The first-order chi connectivity index (χ1) is 10.8. The van der Waals surface area contributed by atoms with Crippen molar-refractivity contribution in [3.8, 4) is 0 Å². The third-order valence-electron chi connectivity index (χ3n) is 4.71. The molecule has 5 heteroatoms. The molecule has 4 nitrogen and oxygen atoms in total. The summed E-state index contributed by atoms with van der Waals surface area (Å²) in [7, 11) is 0. The Morgan fingerprint density at radius 3 is 2.70 bits per heavy atom. The van der Waals surface area contributed by atoms with E-state index in [1.165, 1.54) is 16.5 Å². The Labute approximate surface area is 144 Å². The Hall–Kier alpha value is -1.36. The van der Waals surface area contributed by atoms with E-state index in [-0.39, 0.29) is 19.0 Å². The van der Waals surface area contributed by atoms with Crippen LogP contribution in [-0.2, 0) is 0 Å². The summed E-state index contributed by atoms with van der Waals surface area (Å²) in [5.41, 5.74) is 7.32. The van der Waals surface area contributed by atoms with Crippen LogP contribution in [0.5, 0.6) is 0 Å². The molecule has 1 fully saturated rings. The standard InChI is InChI=1S/C18H25N3O.ClH/c19-15-5-7-16(8-6-15)21(11-2-12-22)18-4-1-3-14-13-20-10-9-17(14)18;/h1,3-4,9-10,13,15-16,22H,2,5-8,11-12,19H2;1H. The Morgan fingerprint density at radius 1 is 1.17 bits per heavy atom. The smallest absolute Gasteiger partial charge is 0.0449 e. The van der Waals surface area contributed by atoms with E-state index in [9.17, 15) is 5.11 Å². The van der Waals surface area contributed by atoms with Crippen LogP contribution in [0, 0.1) is 0 Å². The van der Waals surface area contributed by atoms with Crippen molar-refractivity contribution in [1.29, 1.82) is 0 Å². The Bertz CT molecular complexity index is 609. The van der Waals surface area contributed by atoms with Crippen LogP contribution in [0.1, 0.15) is 32.1 Å². The SMILES string of the molecule is Cl.NC1CCC(N(CCCO)c2cccc3cnccc23)CC1. The lowest BCUT2D eigenvalue weighted by Gasteiger charge is -2.38. The minimum atomic E-state index is 0. The second kappa shape index (κ2) is 8.48. The number of nitrogens with zero attached hydrogens (tertiary/aromatic N) is 2. The average Bonchev–Trinajstić information content (AvgIpc) is 2.57. The molecule has 1 heterocycles. The van der Waals surface area contributed by atoms with Gasteiger partial charge in [-0.15, -0.1) is 12.4 Å². The van der Waals surface area contributed by atoms with Gasteiger partial charge >= 0.3 is 0 Å². The number of halogens is 1. The molecule has 0 spiro atoms. The van der Waals surface area contributed by atoms with Crippen molar-refractivity contribution in [2.75, 3.05) is 18.1 Å².